The largest absolute Gasteiger partial charge is 0.345 e. The number of piperidine rings is 1. The van der Waals surface area contributed by atoms with E-state index in [1.165, 1.54) is 0 Å². The normalized spacial score (nSPS) is 17.8. The van der Waals surface area contributed by atoms with Crippen LogP contribution in [0, 0.1) is 25.7 Å². The molecule has 1 aromatic carbocycles. The zero-order valence-corrected chi connectivity index (χ0v) is 18.7. The van der Waals surface area contributed by atoms with Gasteiger partial charge in [-0.3, -0.25) is 9.59 Å². The maximum atomic E-state index is 12.9. The van der Waals surface area contributed by atoms with Crippen LogP contribution in [0.25, 0.3) is 0 Å². The Morgan fingerprint density at radius 3 is 2.39 bits per heavy atom. The number of halogens is 1. The highest BCUT2D eigenvalue weighted by Gasteiger charge is 2.30. The van der Waals surface area contributed by atoms with E-state index in [-0.39, 0.29) is 36.2 Å². The lowest BCUT2D eigenvalue weighted by molar-refractivity contribution is -0.135. The van der Waals surface area contributed by atoms with Gasteiger partial charge < -0.3 is 15.5 Å². The van der Waals surface area contributed by atoms with Crippen molar-refractivity contribution < 1.29 is 9.59 Å². The maximum absolute atomic E-state index is 12.9. The average molecular weight is 410 g/mol. The molecule has 0 aliphatic carbocycles. The molecular weight excluding hydrogens is 374 g/mol. The molecule has 1 fully saturated rings. The molecule has 1 aliphatic heterocycles. The van der Waals surface area contributed by atoms with Gasteiger partial charge in [-0.2, -0.15) is 0 Å². The van der Waals surface area contributed by atoms with E-state index in [1.54, 1.807) is 4.90 Å². The minimum atomic E-state index is -0.117. The summed E-state index contributed by atoms with van der Waals surface area (Å²) in [5.41, 5.74) is 9.00. The molecule has 1 aliphatic rings. The minimum absolute atomic E-state index is 0. The average Bonchev–Trinajstić information content (AvgIpc) is 2.63. The van der Waals surface area contributed by atoms with Crippen LogP contribution in [0.1, 0.15) is 54.6 Å². The van der Waals surface area contributed by atoms with Gasteiger partial charge in [-0.1, -0.05) is 31.0 Å². The van der Waals surface area contributed by atoms with E-state index in [9.17, 15) is 9.59 Å². The Balaban J connectivity index is 0.00000392. The highest BCUT2D eigenvalue weighted by molar-refractivity contribution is 5.95. The van der Waals surface area contributed by atoms with Crippen molar-refractivity contribution in [2.45, 2.75) is 53.0 Å². The monoisotopic (exact) mass is 409 g/mol. The molecule has 1 saturated heterocycles. The Labute approximate surface area is 176 Å². The van der Waals surface area contributed by atoms with Gasteiger partial charge in [0.15, 0.2) is 0 Å². The second kappa shape index (κ2) is 10.8. The van der Waals surface area contributed by atoms with Gasteiger partial charge in [-0.05, 0) is 51.2 Å². The Morgan fingerprint density at radius 2 is 1.82 bits per heavy atom. The molecule has 158 valence electrons. The van der Waals surface area contributed by atoms with Gasteiger partial charge in [-0.15, -0.1) is 12.4 Å². The summed E-state index contributed by atoms with van der Waals surface area (Å²) in [6.07, 6.45) is 2.51. The molecule has 1 heterocycles. The molecule has 2 N–H and O–H groups in total. The summed E-state index contributed by atoms with van der Waals surface area (Å²) in [5.74, 6) is 0.454. The number of carbonyl (C=O) groups is 2. The topological polar surface area (TPSA) is 66.6 Å². The molecule has 0 radical (unpaired) electrons. The number of hydrogen-bond acceptors (Lipinski definition) is 3. The zero-order chi connectivity index (χ0) is 20.1. The molecule has 0 aromatic heterocycles. The Kier molecular flexibility index (Phi) is 9.45. The molecule has 28 heavy (non-hydrogen) atoms. The molecule has 2 unspecified atom stereocenters. The molecule has 2 rings (SSSR count). The van der Waals surface area contributed by atoms with Gasteiger partial charge in [0.25, 0.3) is 5.91 Å². The first-order valence-corrected chi connectivity index (χ1v) is 10.1. The Bertz CT molecular complexity index is 657. The number of benzene rings is 1. The number of rotatable bonds is 6. The fraction of sp³-hybridized carbons (Fsp3) is 0.636. The highest BCUT2D eigenvalue weighted by atomic mass is 35.5. The second-order valence-electron chi connectivity index (χ2n) is 8.42. The number of nitrogens with two attached hydrogens (primary N) is 1. The lowest BCUT2D eigenvalue weighted by Crippen LogP contribution is -2.46. The van der Waals surface area contributed by atoms with Crippen molar-refractivity contribution in [2.24, 2.45) is 17.6 Å². The quantitative estimate of drug-likeness (QED) is 0.782. The summed E-state index contributed by atoms with van der Waals surface area (Å²) < 4.78 is 0. The van der Waals surface area contributed by atoms with E-state index in [4.69, 9.17) is 5.73 Å². The molecule has 0 bridgehead atoms. The lowest BCUT2D eigenvalue weighted by Gasteiger charge is -2.34. The minimum Gasteiger partial charge on any atom is -0.345 e. The van der Waals surface area contributed by atoms with Crippen LogP contribution in [0.2, 0.25) is 0 Å². The molecule has 2 amide bonds. The van der Waals surface area contributed by atoms with Crippen molar-refractivity contribution in [3.05, 3.63) is 34.9 Å². The molecule has 6 heteroatoms. The van der Waals surface area contributed by atoms with Gasteiger partial charge in [0, 0.05) is 38.3 Å². The summed E-state index contributed by atoms with van der Waals surface area (Å²) >= 11 is 0. The molecule has 0 saturated carbocycles. The van der Waals surface area contributed by atoms with Crippen molar-refractivity contribution in [3.63, 3.8) is 0 Å². The van der Waals surface area contributed by atoms with Gasteiger partial charge in [0.1, 0.15) is 0 Å². The summed E-state index contributed by atoms with van der Waals surface area (Å²) in [6, 6.07) is 6.03. The molecular formula is C22H36ClN3O2. The molecule has 1 aromatic rings. The van der Waals surface area contributed by atoms with E-state index in [2.05, 4.69) is 19.9 Å². The SMILES string of the molecule is Cc1cc(C)cc(C(=O)N2CCCC(C(=O)N(C)CCC(N)C(C)C)C2)c1.Cl. The number of nitrogens with zero attached hydrogens (tertiary/aromatic N) is 2. The molecule has 5 nitrogen and oxygen atoms in total. The fourth-order valence-electron chi connectivity index (χ4n) is 3.74. The standard InChI is InChI=1S/C22H35N3O2.ClH/c1-15(2)20(23)8-10-24(5)21(26)18-7-6-9-25(14-18)22(27)19-12-16(3)11-17(4)13-19;/h11-13,15,18,20H,6-10,14,23H2,1-5H3;1H. The van der Waals surface area contributed by atoms with E-state index in [1.807, 2.05) is 37.9 Å². The van der Waals surface area contributed by atoms with Crippen molar-refractivity contribution in [1.29, 1.82) is 0 Å². The number of likely N-dealkylation sites (tertiary alicyclic amines) is 1. The summed E-state index contributed by atoms with van der Waals surface area (Å²) in [6.45, 7) is 10.1. The lowest BCUT2D eigenvalue weighted by atomic mass is 9.95. The van der Waals surface area contributed by atoms with Crippen LogP contribution < -0.4 is 5.73 Å². The fourth-order valence-corrected chi connectivity index (χ4v) is 3.74. The summed E-state index contributed by atoms with van der Waals surface area (Å²) in [4.78, 5) is 29.4. The Morgan fingerprint density at radius 1 is 1.21 bits per heavy atom. The van der Waals surface area contributed by atoms with Crippen molar-refractivity contribution in [1.82, 2.24) is 9.80 Å². The van der Waals surface area contributed by atoms with Crippen LogP contribution in [0.5, 0.6) is 0 Å². The molecule has 2 atom stereocenters. The van der Waals surface area contributed by atoms with Crippen LogP contribution >= 0.6 is 12.4 Å². The zero-order valence-electron chi connectivity index (χ0n) is 17.9. The van der Waals surface area contributed by atoms with Gasteiger partial charge >= 0.3 is 0 Å². The van der Waals surface area contributed by atoms with E-state index in [0.717, 1.165) is 42.5 Å². The van der Waals surface area contributed by atoms with E-state index in [0.29, 0.717) is 19.0 Å². The first kappa shape index (κ1) is 24.4. The van der Waals surface area contributed by atoms with Gasteiger partial charge in [-0.25, -0.2) is 0 Å². The first-order chi connectivity index (χ1) is 12.7. The highest BCUT2D eigenvalue weighted by Crippen LogP contribution is 2.21. The Hall–Kier alpha value is -1.59. The van der Waals surface area contributed by atoms with Crippen LogP contribution in [-0.2, 0) is 4.79 Å². The van der Waals surface area contributed by atoms with Gasteiger partial charge in [0.05, 0.1) is 5.92 Å². The predicted octanol–water partition coefficient (Wildman–Crippen LogP) is 3.41. The van der Waals surface area contributed by atoms with Crippen molar-refractivity contribution in [2.75, 3.05) is 26.7 Å². The summed E-state index contributed by atoms with van der Waals surface area (Å²) in [5, 5.41) is 0. The number of amides is 2. The van der Waals surface area contributed by atoms with Crippen molar-refractivity contribution >= 4 is 24.2 Å². The van der Waals surface area contributed by atoms with Crippen LogP contribution in [0.4, 0.5) is 0 Å². The van der Waals surface area contributed by atoms with Gasteiger partial charge in [0.2, 0.25) is 5.91 Å². The molecule has 0 spiro atoms. The number of carbonyl (C=O) groups excluding carboxylic acids is 2. The first-order valence-electron chi connectivity index (χ1n) is 10.1. The van der Waals surface area contributed by atoms with Crippen LogP contribution in [0.3, 0.4) is 0 Å². The number of hydrogen-bond donors (Lipinski definition) is 1. The van der Waals surface area contributed by atoms with Crippen LogP contribution in [-0.4, -0.2) is 54.3 Å². The number of aryl methyl sites for hydroxylation is 2. The predicted molar refractivity (Wildman–Crippen MR) is 117 cm³/mol. The smallest absolute Gasteiger partial charge is 0.253 e. The van der Waals surface area contributed by atoms with E-state index < -0.39 is 0 Å². The third kappa shape index (κ3) is 6.49. The third-order valence-electron chi connectivity index (χ3n) is 5.56. The summed E-state index contributed by atoms with van der Waals surface area (Å²) in [7, 11) is 1.85. The van der Waals surface area contributed by atoms with Crippen molar-refractivity contribution in [3.8, 4) is 0 Å². The van der Waals surface area contributed by atoms with E-state index >= 15 is 0 Å². The van der Waals surface area contributed by atoms with Crippen LogP contribution in [0.15, 0.2) is 18.2 Å². The third-order valence-corrected chi connectivity index (χ3v) is 5.56. The second-order valence-corrected chi connectivity index (χ2v) is 8.42. The maximum Gasteiger partial charge on any atom is 0.253 e.